The topological polar surface area (TPSA) is 104 Å². The van der Waals surface area contributed by atoms with E-state index in [1.165, 1.54) is 0 Å². The highest BCUT2D eigenvalue weighted by molar-refractivity contribution is 5.94. The fourth-order valence-electron chi connectivity index (χ4n) is 5.92. The number of benzene rings is 2. The molecule has 0 spiro atoms. The van der Waals surface area contributed by atoms with Crippen LogP contribution >= 0.6 is 0 Å². The van der Waals surface area contributed by atoms with Gasteiger partial charge in [0.2, 0.25) is 5.91 Å². The Labute approximate surface area is 228 Å². The number of phenols is 1. The van der Waals surface area contributed by atoms with Crippen molar-refractivity contribution in [3.63, 3.8) is 0 Å². The van der Waals surface area contributed by atoms with Crippen LogP contribution in [0.25, 0.3) is 33.5 Å². The normalized spacial score (nSPS) is 18.2. The van der Waals surface area contributed by atoms with E-state index in [4.69, 9.17) is 4.98 Å². The van der Waals surface area contributed by atoms with Gasteiger partial charge >= 0.3 is 0 Å². The summed E-state index contributed by atoms with van der Waals surface area (Å²) >= 11 is 0. The van der Waals surface area contributed by atoms with Crippen molar-refractivity contribution in [3.8, 4) is 28.4 Å². The van der Waals surface area contributed by atoms with Crippen molar-refractivity contribution in [3.05, 3.63) is 53.3 Å². The van der Waals surface area contributed by atoms with E-state index in [9.17, 15) is 9.90 Å². The number of carbonyl (C=O) groups excluding carboxylic acids is 1. The van der Waals surface area contributed by atoms with Crippen LogP contribution in [0.1, 0.15) is 37.7 Å². The van der Waals surface area contributed by atoms with Gasteiger partial charge in [-0.2, -0.15) is 5.10 Å². The van der Waals surface area contributed by atoms with Gasteiger partial charge in [-0.15, -0.1) is 0 Å². The molecule has 0 unspecified atom stereocenters. The zero-order chi connectivity index (χ0) is 27.4. The maximum atomic E-state index is 13.5. The number of aromatic amines is 2. The van der Waals surface area contributed by atoms with Crippen molar-refractivity contribution in [1.29, 1.82) is 0 Å². The molecule has 6 rings (SSSR count). The number of aromatic hydroxyl groups is 1. The quantitative estimate of drug-likeness (QED) is 0.352. The standard InChI is InChI=1S/C30H37N7O2/c1-6-18-11-21(38)8-10-22(18)19-7-9-23-24(12-19)33-34-28(23)29-31-25-13-27(37(17(2)3)16-26(25)32-29)30(39)36-14-20(15-36)35(4)5/h7-12,17,20,27,38H,6,13-16H2,1-5H3,(H,31,32)(H,33,34)/t27-/m1/s1. The van der Waals surface area contributed by atoms with Gasteiger partial charge in [0.25, 0.3) is 0 Å². The Kier molecular flexibility index (Phi) is 6.43. The smallest absolute Gasteiger partial charge is 0.240 e. The molecule has 1 amide bonds. The maximum absolute atomic E-state index is 13.5. The van der Waals surface area contributed by atoms with E-state index in [2.05, 4.69) is 78.0 Å². The summed E-state index contributed by atoms with van der Waals surface area (Å²) in [6, 6.07) is 12.3. The molecule has 9 heteroatoms. The van der Waals surface area contributed by atoms with Crippen LogP contribution in [0.15, 0.2) is 36.4 Å². The van der Waals surface area contributed by atoms with Gasteiger partial charge in [-0.1, -0.05) is 19.1 Å². The minimum Gasteiger partial charge on any atom is -0.508 e. The zero-order valence-electron chi connectivity index (χ0n) is 23.3. The largest absolute Gasteiger partial charge is 0.508 e. The first-order valence-corrected chi connectivity index (χ1v) is 13.8. The Bertz CT molecular complexity index is 1530. The molecule has 2 aliphatic rings. The first-order chi connectivity index (χ1) is 18.7. The average molecular weight is 528 g/mol. The van der Waals surface area contributed by atoms with Gasteiger partial charge in [0.1, 0.15) is 11.4 Å². The number of likely N-dealkylation sites (N-methyl/N-ethyl adjacent to an activating group) is 1. The fraction of sp³-hybridized carbons (Fsp3) is 0.433. The molecular weight excluding hydrogens is 490 g/mol. The van der Waals surface area contributed by atoms with Gasteiger partial charge in [0.05, 0.1) is 22.9 Å². The third kappa shape index (κ3) is 4.49. The monoisotopic (exact) mass is 527 g/mol. The molecule has 9 nitrogen and oxygen atoms in total. The zero-order valence-corrected chi connectivity index (χ0v) is 23.3. The minimum absolute atomic E-state index is 0.201. The van der Waals surface area contributed by atoms with E-state index < -0.39 is 0 Å². The second-order valence-electron chi connectivity index (χ2n) is 11.4. The molecule has 3 N–H and O–H groups in total. The van der Waals surface area contributed by atoms with E-state index in [1.54, 1.807) is 6.07 Å². The number of amides is 1. The number of imidazole rings is 1. The van der Waals surface area contributed by atoms with Crippen LogP contribution in [-0.4, -0.2) is 91.2 Å². The highest BCUT2D eigenvalue weighted by atomic mass is 16.3. The molecule has 204 valence electrons. The maximum Gasteiger partial charge on any atom is 0.240 e. The summed E-state index contributed by atoms with van der Waals surface area (Å²) in [5, 5.41) is 18.7. The van der Waals surface area contributed by atoms with Crippen LogP contribution in [0.2, 0.25) is 0 Å². The number of phenolic OH excluding ortho intramolecular Hbond substituents is 1. The van der Waals surface area contributed by atoms with E-state index in [0.29, 0.717) is 19.0 Å². The predicted octanol–water partition coefficient (Wildman–Crippen LogP) is 3.80. The molecule has 39 heavy (non-hydrogen) atoms. The van der Waals surface area contributed by atoms with E-state index in [1.807, 2.05) is 17.0 Å². The Morgan fingerprint density at radius 3 is 2.69 bits per heavy atom. The average Bonchev–Trinajstić information content (AvgIpc) is 3.49. The van der Waals surface area contributed by atoms with Crippen LogP contribution in [0.5, 0.6) is 5.75 Å². The number of hydrogen-bond acceptors (Lipinski definition) is 6. The van der Waals surface area contributed by atoms with E-state index in [-0.39, 0.29) is 23.7 Å². The molecule has 2 aliphatic heterocycles. The minimum atomic E-state index is -0.201. The summed E-state index contributed by atoms with van der Waals surface area (Å²) in [7, 11) is 4.14. The summed E-state index contributed by atoms with van der Waals surface area (Å²) in [6.45, 7) is 8.63. The second-order valence-corrected chi connectivity index (χ2v) is 11.4. The van der Waals surface area contributed by atoms with Crippen LogP contribution in [-0.2, 0) is 24.2 Å². The second kappa shape index (κ2) is 9.81. The molecule has 0 aliphatic carbocycles. The lowest BCUT2D eigenvalue weighted by molar-refractivity contribution is -0.145. The lowest BCUT2D eigenvalue weighted by atomic mass is 9.97. The number of hydrogen-bond donors (Lipinski definition) is 3. The molecule has 1 saturated heterocycles. The number of H-pyrrole nitrogens is 2. The number of nitrogens with zero attached hydrogens (tertiary/aromatic N) is 5. The summed E-state index contributed by atoms with van der Waals surface area (Å²) < 4.78 is 0. The van der Waals surface area contributed by atoms with Gasteiger partial charge in [0.15, 0.2) is 5.82 Å². The van der Waals surface area contributed by atoms with Gasteiger partial charge < -0.3 is 19.9 Å². The van der Waals surface area contributed by atoms with Crippen LogP contribution < -0.4 is 0 Å². The number of aryl methyl sites for hydroxylation is 1. The molecule has 1 fully saturated rings. The van der Waals surface area contributed by atoms with Crippen molar-refractivity contribution >= 4 is 16.8 Å². The summed E-state index contributed by atoms with van der Waals surface area (Å²) in [5.41, 5.74) is 6.99. The first kappa shape index (κ1) is 25.6. The van der Waals surface area contributed by atoms with E-state index in [0.717, 1.165) is 70.0 Å². The molecule has 4 heterocycles. The number of rotatable bonds is 6. The molecule has 2 aromatic heterocycles. The molecule has 2 aromatic carbocycles. The third-order valence-corrected chi connectivity index (χ3v) is 8.41. The third-order valence-electron chi connectivity index (χ3n) is 8.41. The van der Waals surface area contributed by atoms with Crippen molar-refractivity contribution in [2.75, 3.05) is 27.2 Å². The summed E-state index contributed by atoms with van der Waals surface area (Å²) in [6.07, 6.45) is 1.43. The lowest BCUT2D eigenvalue weighted by Gasteiger charge is -2.46. The lowest BCUT2D eigenvalue weighted by Crippen LogP contribution is -2.64. The first-order valence-electron chi connectivity index (χ1n) is 13.8. The summed E-state index contributed by atoms with van der Waals surface area (Å²) in [5.74, 6) is 1.21. The Balaban J connectivity index is 1.28. The number of carbonyl (C=O) groups is 1. The molecule has 4 aromatic rings. The van der Waals surface area contributed by atoms with Gasteiger partial charge in [0, 0.05) is 43.5 Å². The van der Waals surface area contributed by atoms with E-state index >= 15 is 0 Å². The van der Waals surface area contributed by atoms with Crippen molar-refractivity contribution < 1.29 is 9.90 Å². The Morgan fingerprint density at radius 2 is 1.97 bits per heavy atom. The highest BCUT2D eigenvalue weighted by Gasteiger charge is 2.41. The molecular formula is C30H37N7O2. The van der Waals surface area contributed by atoms with Gasteiger partial charge in [-0.25, -0.2) is 4.98 Å². The van der Waals surface area contributed by atoms with Crippen LogP contribution in [0, 0.1) is 0 Å². The Hall–Kier alpha value is -3.69. The van der Waals surface area contributed by atoms with Crippen molar-refractivity contribution in [2.24, 2.45) is 0 Å². The molecule has 0 radical (unpaired) electrons. The SMILES string of the molecule is CCc1cc(O)ccc1-c1ccc2c(-c3nc4c([nH]3)CN(C(C)C)[C@@H](C(=O)N3CC(N(C)C)C3)C4)n[nH]c2c1. The number of nitrogens with one attached hydrogen (secondary N) is 2. The van der Waals surface area contributed by atoms with Crippen molar-refractivity contribution in [1.82, 2.24) is 34.9 Å². The highest BCUT2D eigenvalue weighted by Crippen LogP contribution is 2.34. The predicted molar refractivity (Wildman–Crippen MR) is 152 cm³/mol. The molecule has 0 bridgehead atoms. The number of aromatic nitrogens is 4. The molecule has 1 atom stereocenters. The molecule has 0 saturated carbocycles. The van der Waals surface area contributed by atoms with Gasteiger partial charge in [-0.3, -0.25) is 14.8 Å². The fourth-order valence-corrected chi connectivity index (χ4v) is 5.92. The van der Waals surface area contributed by atoms with Crippen molar-refractivity contribution in [2.45, 2.75) is 58.3 Å². The van der Waals surface area contributed by atoms with Gasteiger partial charge in [-0.05, 0) is 75.3 Å². The summed E-state index contributed by atoms with van der Waals surface area (Å²) in [4.78, 5) is 28.4. The Morgan fingerprint density at radius 1 is 1.18 bits per heavy atom. The number of likely N-dealkylation sites (tertiary alicyclic amines) is 1. The van der Waals surface area contributed by atoms with Crippen LogP contribution in [0.3, 0.4) is 0 Å². The van der Waals surface area contributed by atoms with Crippen LogP contribution in [0.4, 0.5) is 0 Å². The number of fused-ring (bicyclic) bond motifs is 2.